The second kappa shape index (κ2) is 4.93. The number of ether oxygens (including phenoxy) is 2. The lowest BCUT2D eigenvalue weighted by atomic mass is 9.83. The van der Waals surface area contributed by atoms with E-state index in [1.54, 1.807) is 7.11 Å². The first-order chi connectivity index (χ1) is 7.83. The lowest BCUT2D eigenvalue weighted by molar-refractivity contribution is -0.111. The Labute approximate surface area is 96.1 Å². The molecule has 0 aromatic rings. The van der Waals surface area contributed by atoms with Crippen molar-refractivity contribution in [2.75, 3.05) is 20.5 Å². The summed E-state index contributed by atoms with van der Waals surface area (Å²) < 4.78 is 10.3. The van der Waals surface area contributed by atoms with Gasteiger partial charge in [-0.15, -0.1) is 0 Å². The van der Waals surface area contributed by atoms with Crippen LogP contribution >= 0.6 is 0 Å². The van der Waals surface area contributed by atoms with Crippen molar-refractivity contribution < 1.29 is 14.3 Å². The molecule has 2 rings (SSSR count). The maximum atomic E-state index is 10.9. The highest BCUT2D eigenvalue weighted by molar-refractivity contribution is 5.61. The molecule has 0 heterocycles. The molecule has 0 spiro atoms. The molecule has 0 radical (unpaired) electrons. The minimum atomic E-state index is 0.0293. The molecule has 0 aliphatic heterocycles. The number of carbonyl (C=O) groups excluding carboxylic acids is 1. The zero-order valence-corrected chi connectivity index (χ0v) is 9.59. The van der Waals surface area contributed by atoms with Gasteiger partial charge in [0.05, 0.1) is 6.61 Å². The van der Waals surface area contributed by atoms with Crippen molar-refractivity contribution in [3.63, 3.8) is 0 Å². The van der Waals surface area contributed by atoms with Crippen molar-refractivity contribution in [3.05, 3.63) is 24.3 Å². The molecule has 0 aromatic heterocycles. The van der Waals surface area contributed by atoms with Crippen LogP contribution in [-0.2, 0) is 14.3 Å². The molecular weight excluding hydrogens is 204 g/mol. The lowest BCUT2D eigenvalue weighted by Gasteiger charge is -2.25. The van der Waals surface area contributed by atoms with Crippen LogP contribution in [0.5, 0.6) is 0 Å². The Hall–Kier alpha value is -0.930. The monoisotopic (exact) mass is 222 g/mol. The van der Waals surface area contributed by atoms with Gasteiger partial charge in [-0.1, -0.05) is 24.3 Å². The smallest absolute Gasteiger partial charge is 0.146 e. The SMILES string of the molecule is COCOC[C@@]1(C2C=CC=CC2)C[C@H]1C=O. The van der Waals surface area contributed by atoms with E-state index in [2.05, 4.69) is 24.3 Å². The number of allylic oxidation sites excluding steroid dienone is 4. The zero-order valence-electron chi connectivity index (χ0n) is 9.59. The van der Waals surface area contributed by atoms with E-state index in [1.165, 1.54) is 0 Å². The molecule has 16 heavy (non-hydrogen) atoms. The average molecular weight is 222 g/mol. The van der Waals surface area contributed by atoms with Crippen molar-refractivity contribution in [2.45, 2.75) is 12.8 Å². The molecule has 1 fully saturated rings. The Bertz CT molecular complexity index is 308. The fraction of sp³-hybridized carbons (Fsp3) is 0.615. The normalized spacial score (nSPS) is 36.3. The van der Waals surface area contributed by atoms with E-state index in [9.17, 15) is 4.79 Å². The van der Waals surface area contributed by atoms with Gasteiger partial charge in [0.1, 0.15) is 13.1 Å². The van der Waals surface area contributed by atoms with Crippen molar-refractivity contribution in [1.29, 1.82) is 0 Å². The standard InChI is InChI=1S/C13H18O3/c1-15-10-16-9-13(7-12(13)8-14)11-5-3-2-4-6-11/h2-5,8,11-12H,6-7,9-10H2,1H3/t11?,12-,13+/m0/s1. The Kier molecular flexibility index (Phi) is 3.56. The highest BCUT2D eigenvalue weighted by Crippen LogP contribution is 2.58. The topological polar surface area (TPSA) is 35.5 Å². The molecule has 0 aromatic carbocycles. The maximum Gasteiger partial charge on any atom is 0.146 e. The van der Waals surface area contributed by atoms with Gasteiger partial charge in [0, 0.05) is 18.4 Å². The van der Waals surface area contributed by atoms with Gasteiger partial charge < -0.3 is 14.3 Å². The lowest BCUT2D eigenvalue weighted by Crippen LogP contribution is -2.24. The molecule has 2 aliphatic rings. The largest absolute Gasteiger partial charge is 0.359 e. The third-order valence-electron chi connectivity index (χ3n) is 3.63. The summed E-state index contributed by atoms with van der Waals surface area (Å²) in [6.07, 6.45) is 11.5. The summed E-state index contributed by atoms with van der Waals surface area (Å²) in [6.45, 7) is 0.923. The van der Waals surface area contributed by atoms with Crippen LogP contribution in [0.4, 0.5) is 0 Å². The van der Waals surface area contributed by atoms with Gasteiger partial charge in [0.15, 0.2) is 0 Å². The van der Waals surface area contributed by atoms with Crippen molar-refractivity contribution in [3.8, 4) is 0 Å². The van der Waals surface area contributed by atoms with Crippen LogP contribution in [0.15, 0.2) is 24.3 Å². The van der Waals surface area contributed by atoms with Crippen LogP contribution < -0.4 is 0 Å². The highest BCUT2D eigenvalue weighted by atomic mass is 16.7. The molecule has 3 heteroatoms. The number of hydrogen-bond donors (Lipinski definition) is 0. The minimum absolute atomic E-state index is 0.0293. The van der Waals surface area contributed by atoms with E-state index in [0.717, 1.165) is 19.1 Å². The summed E-state index contributed by atoms with van der Waals surface area (Å²) >= 11 is 0. The van der Waals surface area contributed by atoms with Gasteiger partial charge >= 0.3 is 0 Å². The molecule has 0 bridgehead atoms. The van der Waals surface area contributed by atoms with Crippen LogP contribution in [-0.4, -0.2) is 26.8 Å². The predicted molar refractivity (Wildman–Crippen MR) is 60.8 cm³/mol. The number of rotatable bonds is 6. The summed E-state index contributed by atoms with van der Waals surface area (Å²) in [7, 11) is 1.61. The molecule has 88 valence electrons. The average Bonchev–Trinajstić information content (AvgIpc) is 3.06. The number of aldehydes is 1. The van der Waals surface area contributed by atoms with Crippen LogP contribution in [0.2, 0.25) is 0 Å². The van der Waals surface area contributed by atoms with Gasteiger partial charge in [-0.25, -0.2) is 0 Å². The molecule has 3 nitrogen and oxygen atoms in total. The van der Waals surface area contributed by atoms with E-state index in [1.807, 2.05) is 0 Å². The van der Waals surface area contributed by atoms with Crippen LogP contribution in [0.3, 0.4) is 0 Å². The Balaban J connectivity index is 1.97. The van der Waals surface area contributed by atoms with Crippen molar-refractivity contribution in [2.24, 2.45) is 17.3 Å². The van der Waals surface area contributed by atoms with E-state index in [0.29, 0.717) is 19.3 Å². The number of hydrogen-bond acceptors (Lipinski definition) is 3. The van der Waals surface area contributed by atoms with Crippen molar-refractivity contribution >= 4 is 6.29 Å². The third kappa shape index (κ3) is 2.11. The predicted octanol–water partition coefficient (Wildman–Crippen LogP) is 1.94. The first-order valence-electron chi connectivity index (χ1n) is 5.69. The Morgan fingerprint density at radius 2 is 2.38 bits per heavy atom. The molecule has 0 amide bonds. The van der Waals surface area contributed by atoms with Crippen LogP contribution in [0, 0.1) is 17.3 Å². The fourth-order valence-electron chi connectivity index (χ4n) is 2.56. The van der Waals surface area contributed by atoms with Gasteiger partial charge in [0.2, 0.25) is 0 Å². The summed E-state index contributed by atoms with van der Waals surface area (Å²) in [4.78, 5) is 10.9. The molecule has 1 unspecified atom stereocenters. The first-order valence-corrected chi connectivity index (χ1v) is 5.69. The quantitative estimate of drug-likeness (QED) is 0.391. The second-order valence-electron chi connectivity index (χ2n) is 4.59. The fourth-order valence-corrected chi connectivity index (χ4v) is 2.56. The molecule has 3 atom stereocenters. The third-order valence-corrected chi connectivity index (χ3v) is 3.63. The maximum absolute atomic E-state index is 10.9. The van der Waals surface area contributed by atoms with Gasteiger partial charge in [0.25, 0.3) is 0 Å². The molecule has 0 N–H and O–H groups in total. The zero-order chi connectivity index (χ0) is 11.4. The molecule has 2 aliphatic carbocycles. The molecule has 0 saturated heterocycles. The highest BCUT2D eigenvalue weighted by Gasteiger charge is 2.58. The number of carbonyl (C=O) groups is 1. The summed E-state index contributed by atoms with van der Waals surface area (Å²) in [6, 6.07) is 0. The van der Waals surface area contributed by atoms with Gasteiger partial charge in [-0.05, 0) is 18.8 Å². The van der Waals surface area contributed by atoms with Crippen molar-refractivity contribution in [1.82, 2.24) is 0 Å². The summed E-state index contributed by atoms with van der Waals surface area (Å²) in [5.41, 5.74) is 0.0293. The minimum Gasteiger partial charge on any atom is -0.359 e. The van der Waals surface area contributed by atoms with Crippen LogP contribution in [0.1, 0.15) is 12.8 Å². The first kappa shape index (κ1) is 11.6. The van der Waals surface area contributed by atoms with E-state index < -0.39 is 0 Å². The molecular formula is C13H18O3. The van der Waals surface area contributed by atoms with Gasteiger partial charge in [-0.2, -0.15) is 0 Å². The summed E-state index contributed by atoms with van der Waals surface area (Å²) in [5, 5.41) is 0. The number of methoxy groups -OCH3 is 1. The Morgan fingerprint density at radius 1 is 1.50 bits per heavy atom. The second-order valence-corrected chi connectivity index (χ2v) is 4.59. The Morgan fingerprint density at radius 3 is 2.94 bits per heavy atom. The van der Waals surface area contributed by atoms with Crippen LogP contribution in [0.25, 0.3) is 0 Å². The van der Waals surface area contributed by atoms with Gasteiger partial charge in [-0.3, -0.25) is 0 Å². The summed E-state index contributed by atoms with van der Waals surface area (Å²) in [5.74, 6) is 0.593. The van der Waals surface area contributed by atoms with E-state index in [4.69, 9.17) is 9.47 Å². The van der Waals surface area contributed by atoms with E-state index >= 15 is 0 Å². The van der Waals surface area contributed by atoms with E-state index in [-0.39, 0.29) is 11.3 Å². The molecule has 1 saturated carbocycles.